The third-order valence-electron chi connectivity index (χ3n) is 3.22. The number of rotatable bonds is 5. The zero-order chi connectivity index (χ0) is 13.1. The summed E-state index contributed by atoms with van der Waals surface area (Å²) in [6, 6.07) is 5.98. The summed E-state index contributed by atoms with van der Waals surface area (Å²) in [5.74, 6) is 0. The van der Waals surface area contributed by atoms with Crippen LogP contribution in [0.3, 0.4) is 0 Å². The fourth-order valence-electron chi connectivity index (χ4n) is 1.78. The van der Waals surface area contributed by atoms with Gasteiger partial charge < -0.3 is 14.6 Å². The van der Waals surface area contributed by atoms with E-state index in [9.17, 15) is 5.11 Å². The van der Waals surface area contributed by atoms with Gasteiger partial charge in [-0.3, -0.25) is 0 Å². The Morgan fingerprint density at radius 2 is 1.76 bits per heavy atom. The van der Waals surface area contributed by atoms with E-state index in [1.54, 1.807) is 21.1 Å². The van der Waals surface area contributed by atoms with E-state index in [2.05, 4.69) is 6.92 Å². The lowest BCUT2D eigenvalue weighted by Crippen LogP contribution is -2.29. The molecular weight excluding hydrogens is 216 g/mol. The first-order chi connectivity index (χ1) is 7.90. The van der Waals surface area contributed by atoms with Crippen molar-refractivity contribution in [1.82, 2.24) is 0 Å². The number of benzene rings is 1. The second kappa shape index (κ2) is 5.63. The molecule has 0 aliphatic carbocycles. The summed E-state index contributed by atoms with van der Waals surface area (Å²) >= 11 is 0. The second-order valence-electron chi connectivity index (χ2n) is 4.68. The second-order valence-corrected chi connectivity index (χ2v) is 4.68. The van der Waals surface area contributed by atoms with Crippen molar-refractivity contribution in [3.63, 3.8) is 0 Å². The number of ether oxygens (including phenoxy) is 2. The van der Waals surface area contributed by atoms with Gasteiger partial charge in [0.15, 0.2) is 6.29 Å². The topological polar surface area (TPSA) is 38.7 Å². The molecule has 17 heavy (non-hydrogen) atoms. The van der Waals surface area contributed by atoms with Crippen LogP contribution in [0.25, 0.3) is 0 Å². The summed E-state index contributed by atoms with van der Waals surface area (Å²) in [5.41, 5.74) is 2.34. The van der Waals surface area contributed by atoms with Crippen LogP contribution >= 0.6 is 0 Å². The Bertz CT molecular complexity index is 368. The Labute approximate surface area is 103 Å². The normalized spacial score (nSPS) is 15.0. The number of aryl methyl sites for hydroxylation is 2. The summed E-state index contributed by atoms with van der Waals surface area (Å²) in [6.45, 7) is 5.88. The Morgan fingerprint density at radius 1 is 1.18 bits per heavy atom. The first kappa shape index (κ1) is 14.2. The molecule has 0 saturated carbocycles. The molecule has 96 valence electrons. The van der Waals surface area contributed by atoms with Crippen LogP contribution in [-0.2, 0) is 15.1 Å². The fraction of sp³-hybridized carbons (Fsp3) is 0.571. The van der Waals surface area contributed by atoms with Gasteiger partial charge in [0.05, 0.1) is 5.60 Å². The van der Waals surface area contributed by atoms with Crippen molar-refractivity contribution in [3.05, 3.63) is 34.9 Å². The van der Waals surface area contributed by atoms with E-state index >= 15 is 0 Å². The number of hydrogen-bond acceptors (Lipinski definition) is 3. The SMILES string of the molecule is COC(CC(C)(O)c1ccc(C)c(C)c1)OC. The maximum Gasteiger partial charge on any atom is 0.159 e. The Hall–Kier alpha value is -0.900. The number of hydrogen-bond donors (Lipinski definition) is 1. The van der Waals surface area contributed by atoms with Crippen molar-refractivity contribution in [2.24, 2.45) is 0 Å². The zero-order valence-electron chi connectivity index (χ0n) is 11.3. The Morgan fingerprint density at radius 3 is 2.24 bits per heavy atom. The van der Waals surface area contributed by atoms with Gasteiger partial charge in [0.1, 0.15) is 0 Å². The first-order valence-electron chi connectivity index (χ1n) is 5.76. The molecule has 1 aromatic carbocycles. The molecule has 0 amide bonds. The zero-order valence-corrected chi connectivity index (χ0v) is 11.3. The van der Waals surface area contributed by atoms with Gasteiger partial charge in [-0.2, -0.15) is 0 Å². The predicted octanol–water partition coefficient (Wildman–Crippen LogP) is 2.52. The van der Waals surface area contributed by atoms with Gasteiger partial charge in [-0.25, -0.2) is 0 Å². The summed E-state index contributed by atoms with van der Waals surface area (Å²) in [4.78, 5) is 0. The molecular formula is C14H22O3. The van der Waals surface area contributed by atoms with E-state index in [0.29, 0.717) is 6.42 Å². The molecule has 1 aromatic rings. The molecule has 0 saturated heterocycles. The smallest absolute Gasteiger partial charge is 0.159 e. The third kappa shape index (κ3) is 3.53. The summed E-state index contributed by atoms with van der Waals surface area (Å²) in [5, 5.41) is 10.5. The van der Waals surface area contributed by atoms with Crippen molar-refractivity contribution < 1.29 is 14.6 Å². The Kier molecular flexibility index (Phi) is 4.69. The minimum atomic E-state index is -0.949. The highest BCUT2D eigenvalue weighted by molar-refractivity contribution is 5.32. The largest absolute Gasteiger partial charge is 0.385 e. The van der Waals surface area contributed by atoms with Gasteiger partial charge in [-0.05, 0) is 37.5 Å². The van der Waals surface area contributed by atoms with Crippen molar-refractivity contribution in [3.8, 4) is 0 Å². The van der Waals surface area contributed by atoms with Crippen molar-refractivity contribution in [2.75, 3.05) is 14.2 Å². The molecule has 0 aromatic heterocycles. The summed E-state index contributed by atoms with van der Waals surface area (Å²) in [7, 11) is 3.15. The van der Waals surface area contributed by atoms with Crippen molar-refractivity contribution in [2.45, 2.75) is 39.1 Å². The average Bonchev–Trinajstić information content (AvgIpc) is 2.29. The lowest BCUT2D eigenvalue weighted by atomic mass is 9.90. The molecule has 3 heteroatoms. The van der Waals surface area contributed by atoms with Gasteiger partial charge in [-0.15, -0.1) is 0 Å². The van der Waals surface area contributed by atoms with Crippen LogP contribution in [0.5, 0.6) is 0 Å². The number of aliphatic hydroxyl groups is 1. The highest BCUT2D eigenvalue weighted by atomic mass is 16.7. The highest BCUT2D eigenvalue weighted by Gasteiger charge is 2.27. The molecule has 1 N–H and O–H groups in total. The minimum Gasteiger partial charge on any atom is -0.385 e. The van der Waals surface area contributed by atoms with Crippen LogP contribution in [-0.4, -0.2) is 25.6 Å². The molecule has 1 atom stereocenters. The lowest BCUT2D eigenvalue weighted by Gasteiger charge is -2.28. The molecule has 1 unspecified atom stereocenters. The molecule has 0 aliphatic heterocycles. The van der Waals surface area contributed by atoms with Crippen LogP contribution in [0.1, 0.15) is 30.0 Å². The van der Waals surface area contributed by atoms with Crippen LogP contribution in [0.2, 0.25) is 0 Å². The van der Waals surface area contributed by atoms with E-state index in [4.69, 9.17) is 9.47 Å². The minimum absolute atomic E-state index is 0.397. The standard InChI is InChI=1S/C14H22O3/c1-10-6-7-12(8-11(10)2)14(3,15)9-13(16-4)17-5/h6-8,13,15H,9H2,1-5H3. The molecule has 0 fully saturated rings. The molecule has 1 rings (SSSR count). The van der Waals surface area contributed by atoms with E-state index in [1.807, 2.05) is 25.1 Å². The van der Waals surface area contributed by atoms with Crippen LogP contribution in [0.4, 0.5) is 0 Å². The van der Waals surface area contributed by atoms with Gasteiger partial charge in [0, 0.05) is 20.6 Å². The Balaban J connectivity index is 2.91. The molecule has 0 heterocycles. The van der Waals surface area contributed by atoms with E-state index < -0.39 is 11.9 Å². The maximum absolute atomic E-state index is 10.5. The molecule has 0 bridgehead atoms. The van der Waals surface area contributed by atoms with Crippen LogP contribution in [0.15, 0.2) is 18.2 Å². The average molecular weight is 238 g/mol. The molecule has 0 radical (unpaired) electrons. The molecule has 0 spiro atoms. The fourth-order valence-corrected chi connectivity index (χ4v) is 1.78. The van der Waals surface area contributed by atoms with Crippen LogP contribution in [0, 0.1) is 13.8 Å². The van der Waals surface area contributed by atoms with Gasteiger partial charge in [-0.1, -0.05) is 18.2 Å². The summed E-state index contributed by atoms with van der Waals surface area (Å²) < 4.78 is 10.3. The van der Waals surface area contributed by atoms with Crippen molar-refractivity contribution in [1.29, 1.82) is 0 Å². The van der Waals surface area contributed by atoms with Gasteiger partial charge in [0.25, 0.3) is 0 Å². The molecule has 0 aliphatic rings. The maximum atomic E-state index is 10.5. The van der Waals surface area contributed by atoms with Crippen LogP contribution < -0.4 is 0 Å². The number of methoxy groups -OCH3 is 2. The van der Waals surface area contributed by atoms with E-state index in [0.717, 1.165) is 5.56 Å². The summed E-state index contributed by atoms with van der Waals surface area (Å²) in [6.07, 6.45) is 0.00860. The first-order valence-corrected chi connectivity index (χ1v) is 5.76. The monoisotopic (exact) mass is 238 g/mol. The third-order valence-corrected chi connectivity index (χ3v) is 3.22. The van der Waals surface area contributed by atoms with Crippen molar-refractivity contribution >= 4 is 0 Å². The lowest BCUT2D eigenvalue weighted by molar-refractivity contribution is -0.142. The van der Waals surface area contributed by atoms with Gasteiger partial charge in [0.2, 0.25) is 0 Å². The van der Waals surface area contributed by atoms with Gasteiger partial charge >= 0.3 is 0 Å². The quantitative estimate of drug-likeness (QED) is 0.801. The molecule has 3 nitrogen and oxygen atoms in total. The van der Waals surface area contributed by atoms with E-state index in [1.165, 1.54) is 11.1 Å². The van der Waals surface area contributed by atoms with E-state index in [-0.39, 0.29) is 0 Å². The predicted molar refractivity (Wildman–Crippen MR) is 67.9 cm³/mol. The highest BCUT2D eigenvalue weighted by Crippen LogP contribution is 2.28.